The first-order valence-electron chi connectivity index (χ1n) is 12.5. The second-order valence-electron chi connectivity index (χ2n) is 9.77. The van der Waals surface area contributed by atoms with Gasteiger partial charge >= 0.3 is 0 Å². The predicted octanol–water partition coefficient (Wildman–Crippen LogP) is 5.90. The monoisotopic (exact) mass is 677 g/mol. The average Bonchev–Trinajstić information content (AvgIpc) is 2.89. The van der Waals surface area contributed by atoms with E-state index in [4.69, 9.17) is 0 Å². The standard InChI is InChI=1S/C29H33Br2N3O4S/c1-20(2)17-32-29(36)22(4)33(18-23-6-5-7-25(31)16-23)28(35)19-34(26-12-10-24(30)11-13-26)39(37,38)27-14-8-21(3)9-15-27/h5-16,20,22H,17-19H2,1-4H3,(H,32,36). The lowest BCUT2D eigenvalue weighted by Gasteiger charge is -2.32. The molecule has 3 rings (SSSR count). The number of hydrogen-bond acceptors (Lipinski definition) is 4. The molecule has 0 aromatic heterocycles. The fourth-order valence-electron chi connectivity index (χ4n) is 3.84. The zero-order valence-corrected chi connectivity index (χ0v) is 26.4. The summed E-state index contributed by atoms with van der Waals surface area (Å²) in [5.74, 6) is -0.563. The largest absolute Gasteiger partial charge is 0.354 e. The molecule has 1 N–H and O–H groups in total. The third-order valence-electron chi connectivity index (χ3n) is 6.10. The van der Waals surface area contributed by atoms with E-state index in [2.05, 4.69) is 37.2 Å². The molecule has 208 valence electrons. The molecule has 3 aromatic rings. The molecule has 7 nitrogen and oxygen atoms in total. The molecule has 0 heterocycles. The molecule has 0 aliphatic heterocycles. The normalized spacial score (nSPS) is 12.2. The van der Waals surface area contributed by atoms with E-state index in [0.29, 0.717) is 12.2 Å². The van der Waals surface area contributed by atoms with Crippen molar-refractivity contribution in [3.05, 3.63) is 92.9 Å². The van der Waals surface area contributed by atoms with Crippen LogP contribution in [-0.2, 0) is 26.2 Å². The van der Waals surface area contributed by atoms with Gasteiger partial charge in [0, 0.05) is 22.0 Å². The fraction of sp³-hybridized carbons (Fsp3) is 0.310. The summed E-state index contributed by atoms with van der Waals surface area (Å²) in [6.07, 6.45) is 0. The number of rotatable bonds is 11. The molecule has 0 spiro atoms. The van der Waals surface area contributed by atoms with Crippen LogP contribution >= 0.6 is 31.9 Å². The molecule has 0 fully saturated rings. The summed E-state index contributed by atoms with van der Waals surface area (Å²) in [7, 11) is -4.10. The van der Waals surface area contributed by atoms with Crippen LogP contribution in [0.3, 0.4) is 0 Å². The fourth-order valence-corrected chi connectivity index (χ4v) is 5.97. The van der Waals surface area contributed by atoms with E-state index in [1.807, 2.05) is 45.0 Å². The van der Waals surface area contributed by atoms with Gasteiger partial charge in [-0.3, -0.25) is 13.9 Å². The molecule has 39 heavy (non-hydrogen) atoms. The first-order chi connectivity index (χ1) is 18.4. The minimum absolute atomic E-state index is 0.0742. The van der Waals surface area contributed by atoms with Crippen LogP contribution in [0.15, 0.2) is 86.6 Å². The van der Waals surface area contributed by atoms with Gasteiger partial charge < -0.3 is 10.2 Å². The molecule has 0 radical (unpaired) electrons. The molecule has 10 heteroatoms. The number of halogens is 2. The second-order valence-corrected chi connectivity index (χ2v) is 13.5. The minimum Gasteiger partial charge on any atom is -0.354 e. The lowest BCUT2D eigenvalue weighted by molar-refractivity contribution is -0.139. The zero-order valence-electron chi connectivity index (χ0n) is 22.4. The van der Waals surface area contributed by atoms with E-state index in [9.17, 15) is 18.0 Å². The molecular formula is C29H33Br2N3O4S. The third-order valence-corrected chi connectivity index (χ3v) is 8.91. The maximum absolute atomic E-state index is 13.9. The van der Waals surface area contributed by atoms with Crippen LogP contribution in [-0.4, -0.2) is 44.3 Å². The number of sulfonamides is 1. The van der Waals surface area contributed by atoms with Crippen LogP contribution in [0.5, 0.6) is 0 Å². The Morgan fingerprint density at radius 3 is 2.13 bits per heavy atom. The van der Waals surface area contributed by atoms with Crippen molar-refractivity contribution in [1.82, 2.24) is 10.2 Å². The SMILES string of the molecule is Cc1ccc(S(=O)(=O)N(CC(=O)N(Cc2cccc(Br)c2)C(C)C(=O)NCC(C)C)c2ccc(Br)cc2)cc1. The number of anilines is 1. The summed E-state index contributed by atoms with van der Waals surface area (Å²) in [5.41, 5.74) is 2.06. The zero-order chi connectivity index (χ0) is 28.7. The molecular weight excluding hydrogens is 646 g/mol. The number of benzene rings is 3. The van der Waals surface area contributed by atoms with Crippen molar-refractivity contribution in [2.45, 2.75) is 45.2 Å². The molecule has 1 atom stereocenters. The molecule has 0 aliphatic rings. The average molecular weight is 679 g/mol. The van der Waals surface area contributed by atoms with E-state index in [-0.39, 0.29) is 23.3 Å². The summed E-state index contributed by atoms with van der Waals surface area (Å²) in [4.78, 5) is 28.5. The van der Waals surface area contributed by atoms with Crippen molar-refractivity contribution in [2.24, 2.45) is 5.92 Å². The van der Waals surface area contributed by atoms with Gasteiger partial charge in [0.15, 0.2) is 0 Å². The van der Waals surface area contributed by atoms with Crippen molar-refractivity contribution in [1.29, 1.82) is 0 Å². The van der Waals surface area contributed by atoms with Crippen molar-refractivity contribution >= 4 is 59.4 Å². The summed E-state index contributed by atoms with van der Waals surface area (Å²) in [6, 6.07) is 19.8. The topological polar surface area (TPSA) is 86.8 Å². The number of nitrogens with zero attached hydrogens (tertiary/aromatic N) is 2. The van der Waals surface area contributed by atoms with Crippen LogP contribution < -0.4 is 9.62 Å². The number of amides is 2. The second kappa shape index (κ2) is 13.6. The first-order valence-corrected chi connectivity index (χ1v) is 15.6. The summed E-state index contributed by atoms with van der Waals surface area (Å²) < 4.78 is 30.4. The highest BCUT2D eigenvalue weighted by atomic mass is 79.9. The number of aryl methyl sites for hydroxylation is 1. The number of carbonyl (C=O) groups is 2. The summed E-state index contributed by atoms with van der Waals surface area (Å²) in [6.45, 7) is 7.63. The highest BCUT2D eigenvalue weighted by Crippen LogP contribution is 2.26. The van der Waals surface area contributed by atoms with Gasteiger partial charge in [0.05, 0.1) is 10.6 Å². The Morgan fingerprint density at radius 1 is 0.897 bits per heavy atom. The van der Waals surface area contributed by atoms with Crippen molar-refractivity contribution in [3.63, 3.8) is 0 Å². The van der Waals surface area contributed by atoms with E-state index in [0.717, 1.165) is 24.4 Å². The maximum Gasteiger partial charge on any atom is 0.264 e. The highest BCUT2D eigenvalue weighted by Gasteiger charge is 2.32. The van der Waals surface area contributed by atoms with Crippen LogP contribution in [0.4, 0.5) is 5.69 Å². The molecule has 0 aliphatic carbocycles. The van der Waals surface area contributed by atoms with Crippen molar-refractivity contribution < 1.29 is 18.0 Å². The van der Waals surface area contributed by atoms with Crippen molar-refractivity contribution in [3.8, 4) is 0 Å². The molecule has 0 saturated heterocycles. The van der Waals surface area contributed by atoms with Crippen LogP contribution in [0.2, 0.25) is 0 Å². The Bertz CT molecular complexity index is 1390. The van der Waals surface area contributed by atoms with Gasteiger partial charge in [-0.1, -0.05) is 75.5 Å². The molecule has 2 amide bonds. The third kappa shape index (κ3) is 8.40. The molecule has 0 bridgehead atoms. The Kier molecular flexibility index (Phi) is 10.7. The van der Waals surface area contributed by atoms with E-state index in [1.165, 1.54) is 17.0 Å². The summed E-state index contributed by atoms with van der Waals surface area (Å²) in [5, 5.41) is 2.89. The van der Waals surface area contributed by atoms with Gasteiger partial charge in [-0.2, -0.15) is 0 Å². The lowest BCUT2D eigenvalue weighted by atomic mass is 10.1. The van der Waals surface area contributed by atoms with Gasteiger partial charge in [0.2, 0.25) is 11.8 Å². The summed E-state index contributed by atoms with van der Waals surface area (Å²) >= 11 is 6.84. The number of hydrogen-bond donors (Lipinski definition) is 1. The highest BCUT2D eigenvalue weighted by molar-refractivity contribution is 9.10. The molecule has 3 aromatic carbocycles. The first kappa shape index (κ1) is 30.8. The predicted molar refractivity (Wildman–Crippen MR) is 162 cm³/mol. The quantitative estimate of drug-likeness (QED) is 0.274. The number of nitrogens with one attached hydrogen (secondary N) is 1. The van der Waals surface area contributed by atoms with E-state index < -0.39 is 28.5 Å². The Balaban J connectivity index is 2.01. The van der Waals surface area contributed by atoms with Crippen molar-refractivity contribution in [2.75, 3.05) is 17.4 Å². The van der Waals surface area contributed by atoms with Gasteiger partial charge in [0.25, 0.3) is 10.0 Å². The van der Waals surface area contributed by atoms with Crippen LogP contribution in [0, 0.1) is 12.8 Å². The maximum atomic E-state index is 13.9. The van der Waals surface area contributed by atoms with Crippen LogP contribution in [0.25, 0.3) is 0 Å². The minimum atomic E-state index is -4.10. The molecule has 0 saturated carbocycles. The Labute approximate surface area is 247 Å². The Morgan fingerprint density at radius 2 is 1.54 bits per heavy atom. The lowest BCUT2D eigenvalue weighted by Crippen LogP contribution is -2.51. The van der Waals surface area contributed by atoms with E-state index >= 15 is 0 Å². The van der Waals surface area contributed by atoms with Gasteiger partial charge in [-0.15, -0.1) is 0 Å². The number of carbonyl (C=O) groups excluding carboxylic acids is 2. The van der Waals surface area contributed by atoms with Crippen LogP contribution in [0.1, 0.15) is 31.9 Å². The molecule has 1 unspecified atom stereocenters. The van der Waals surface area contributed by atoms with Gasteiger partial charge in [0.1, 0.15) is 12.6 Å². The Hall–Kier alpha value is -2.69. The van der Waals surface area contributed by atoms with Gasteiger partial charge in [-0.05, 0) is 73.9 Å². The smallest absolute Gasteiger partial charge is 0.264 e. The van der Waals surface area contributed by atoms with Gasteiger partial charge in [-0.25, -0.2) is 8.42 Å². The van der Waals surface area contributed by atoms with E-state index in [1.54, 1.807) is 43.3 Å².